The molecule has 26 heavy (non-hydrogen) atoms. The maximum atomic E-state index is 12.1. The first-order chi connectivity index (χ1) is 12.4. The van der Waals surface area contributed by atoms with Gasteiger partial charge in [-0.3, -0.25) is 9.59 Å². The molecule has 0 radical (unpaired) electrons. The lowest BCUT2D eigenvalue weighted by Gasteiger charge is -2.13. The predicted octanol–water partition coefficient (Wildman–Crippen LogP) is 3.84. The van der Waals surface area contributed by atoms with Crippen molar-refractivity contribution < 1.29 is 14.3 Å². The lowest BCUT2D eigenvalue weighted by Crippen LogP contribution is -2.30. The molecular formula is C20H20N2O3S. The highest BCUT2D eigenvalue weighted by Gasteiger charge is 2.18. The highest BCUT2D eigenvalue weighted by atomic mass is 32.2. The Labute approximate surface area is 157 Å². The van der Waals surface area contributed by atoms with Crippen molar-refractivity contribution >= 4 is 29.3 Å². The van der Waals surface area contributed by atoms with Crippen molar-refractivity contribution in [3.63, 3.8) is 0 Å². The van der Waals surface area contributed by atoms with Gasteiger partial charge in [-0.2, -0.15) is 5.26 Å². The number of aryl methyl sites for hydroxylation is 2. The molecule has 0 saturated heterocycles. The second kappa shape index (κ2) is 9.07. The normalized spacial score (nSPS) is 11.3. The molecule has 1 atom stereocenters. The van der Waals surface area contributed by atoms with E-state index in [1.807, 2.05) is 38.1 Å². The smallest absolute Gasteiger partial charge is 0.317 e. The number of thioether (sulfide) groups is 1. The molecule has 1 N–H and O–H groups in total. The van der Waals surface area contributed by atoms with Gasteiger partial charge in [-0.15, -0.1) is 11.8 Å². The van der Waals surface area contributed by atoms with Gasteiger partial charge in [-0.1, -0.05) is 6.07 Å². The minimum absolute atomic E-state index is 0.136. The van der Waals surface area contributed by atoms with E-state index in [9.17, 15) is 9.59 Å². The number of hydrogen-bond donors (Lipinski definition) is 1. The molecule has 0 aliphatic heterocycles. The first-order valence-corrected chi connectivity index (χ1v) is 9.08. The Hall–Kier alpha value is -2.78. The van der Waals surface area contributed by atoms with Gasteiger partial charge in [0.15, 0.2) is 6.10 Å². The standard InChI is InChI=1S/C20H20N2O3S/c1-13-4-9-18(10-14(13)2)26-12-19(23)25-15(3)20(24)22-17-7-5-16(11-21)6-8-17/h4-10,15H,12H2,1-3H3,(H,22,24)/t15-/m1/s1. The van der Waals surface area contributed by atoms with E-state index in [0.717, 1.165) is 4.90 Å². The van der Waals surface area contributed by atoms with Crippen LogP contribution in [0.25, 0.3) is 0 Å². The summed E-state index contributed by atoms with van der Waals surface area (Å²) >= 11 is 1.38. The second-order valence-electron chi connectivity index (χ2n) is 5.85. The Morgan fingerprint density at radius 2 is 1.85 bits per heavy atom. The number of esters is 1. The Morgan fingerprint density at radius 1 is 1.15 bits per heavy atom. The Balaban J connectivity index is 1.82. The summed E-state index contributed by atoms with van der Waals surface area (Å²) in [5.41, 5.74) is 3.41. The maximum absolute atomic E-state index is 12.1. The van der Waals surface area contributed by atoms with Crippen molar-refractivity contribution in [3.8, 4) is 6.07 Å². The molecular weight excluding hydrogens is 348 g/mol. The predicted molar refractivity (Wildman–Crippen MR) is 102 cm³/mol. The van der Waals surface area contributed by atoms with E-state index in [1.54, 1.807) is 24.3 Å². The third-order valence-electron chi connectivity index (χ3n) is 3.79. The number of carbonyl (C=O) groups is 2. The van der Waals surface area contributed by atoms with E-state index in [0.29, 0.717) is 11.3 Å². The number of nitrogens with one attached hydrogen (secondary N) is 1. The minimum atomic E-state index is -0.904. The molecule has 134 valence electrons. The van der Waals surface area contributed by atoms with Crippen LogP contribution in [0, 0.1) is 25.2 Å². The average molecular weight is 368 g/mol. The molecule has 5 nitrogen and oxygen atoms in total. The van der Waals surface area contributed by atoms with Gasteiger partial charge in [0.2, 0.25) is 0 Å². The van der Waals surface area contributed by atoms with Gasteiger partial charge in [0.05, 0.1) is 17.4 Å². The first-order valence-electron chi connectivity index (χ1n) is 8.09. The van der Waals surface area contributed by atoms with Crippen molar-refractivity contribution in [1.29, 1.82) is 5.26 Å². The van der Waals surface area contributed by atoms with Crippen molar-refractivity contribution in [2.75, 3.05) is 11.1 Å². The second-order valence-corrected chi connectivity index (χ2v) is 6.89. The van der Waals surface area contributed by atoms with Crippen molar-refractivity contribution in [2.24, 2.45) is 0 Å². The van der Waals surface area contributed by atoms with Crippen LogP contribution in [0.4, 0.5) is 5.69 Å². The number of benzene rings is 2. The highest BCUT2D eigenvalue weighted by molar-refractivity contribution is 8.00. The fraction of sp³-hybridized carbons (Fsp3) is 0.250. The van der Waals surface area contributed by atoms with E-state index in [-0.39, 0.29) is 5.75 Å². The van der Waals surface area contributed by atoms with Crippen LogP contribution >= 0.6 is 11.8 Å². The molecule has 0 heterocycles. The average Bonchev–Trinajstić information content (AvgIpc) is 2.63. The lowest BCUT2D eigenvalue weighted by molar-refractivity contribution is -0.150. The zero-order valence-electron chi connectivity index (χ0n) is 14.9. The van der Waals surface area contributed by atoms with Gasteiger partial charge in [0, 0.05) is 10.6 Å². The van der Waals surface area contributed by atoms with Crippen LogP contribution in [-0.2, 0) is 14.3 Å². The van der Waals surface area contributed by atoms with E-state index >= 15 is 0 Å². The van der Waals surface area contributed by atoms with Crippen molar-refractivity contribution in [1.82, 2.24) is 0 Å². The Morgan fingerprint density at radius 3 is 2.46 bits per heavy atom. The molecule has 1 amide bonds. The van der Waals surface area contributed by atoms with Gasteiger partial charge >= 0.3 is 5.97 Å². The van der Waals surface area contributed by atoms with Crippen LogP contribution < -0.4 is 5.32 Å². The maximum Gasteiger partial charge on any atom is 0.317 e. The number of anilines is 1. The van der Waals surface area contributed by atoms with E-state index < -0.39 is 18.0 Å². The number of hydrogen-bond acceptors (Lipinski definition) is 5. The van der Waals surface area contributed by atoms with E-state index in [4.69, 9.17) is 10.00 Å². The summed E-state index contributed by atoms with van der Waals surface area (Å²) < 4.78 is 5.18. The third kappa shape index (κ3) is 5.64. The summed E-state index contributed by atoms with van der Waals surface area (Å²) in [5.74, 6) is -0.730. The van der Waals surface area contributed by atoms with Crippen LogP contribution in [0.3, 0.4) is 0 Å². The van der Waals surface area contributed by atoms with Crippen LogP contribution in [-0.4, -0.2) is 23.7 Å². The minimum Gasteiger partial charge on any atom is -0.452 e. The summed E-state index contributed by atoms with van der Waals surface area (Å²) in [7, 11) is 0. The third-order valence-corrected chi connectivity index (χ3v) is 4.76. The first kappa shape index (κ1) is 19.5. The van der Waals surface area contributed by atoms with Gasteiger partial charge in [0.25, 0.3) is 5.91 Å². The largest absolute Gasteiger partial charge is 0.452 e. The molecule has 0 spiro atoms. The van der Waals surface area contributed by atoms with Crippen LogP contribution in [0.1, 0.15) is 23.6 Å². The summed E-state index contributed by atoms with van der Waals surface area (Å²) in [5, 5.41) is 11.4. The molecule has 2 aromatic carbocycles. The summed E-state index contributed by atoms with van der Waals surface area (Å²) in [6.45, 7) is 5.58. The highest BCUT2D eigenvalue weighted by Crippen LogP contribution is 2.21. The molecule has 0 unspecified atom stereocenters. The van der Waals surface area contributed by atoms with Gasteiger partial charge < -0.3 is 10.1 Å². The SMILES string of the molecule is Cc1ccc(SCC(=O)O[C@H](C)C(=O)Nc2ccc(C#N)cc2)cc1C. The quantitative estimate of drug-likeness (QED) is 0.619. The number of amides is 1. The Kier molecular flexibility index (Phi) is 6.81. The molecule has 6 heteroatoms. The van der Waals surface area contributed by atoms with E-state index in [1.165, 1.54) is 29.8 Å². The zero-order valence-corrected chi connectivity index (χ0v) is 15.7. The Bertz CT molecular complexity index is 841. The van der Waals surface area contributed by atoms with E-state index in [2.05, 4.69) is 5.32 Å². The number of ether oxygens (including phenoxy) is 1. The molecule has 2 aromatic rings. The van der Waals surface area contributed by atoms with Crippen LogP contribution in [0.2, 0.25) is 0 Å². The monoisotopic (exact) mass is 368 g/mol. The topological polar surface area (TPSA) is 79.2 Å². The summed E-state index contributed by atoms with van der Waals surface area (Å²) in [6, 6.07) is 14.5. The number of carbonyl (C=O) groups excluding carboxylic acids is 2. The molecule has 0 bridgehead atoms. The van der Waals surface area contributed by atoms with Crippen LogP contribution in [0.15, 0.2) is 47.4 Å². The zero-order chi connectivity index (χ0) is 19.1. The molecule has 2 rings (SSSR count). The van der Waals surface area contributed by atoms with Crippen molar-refractivity contribution in [3.05, 3.63) is 59.2 Å². The number of nitriles is 1. The van der Waals surface area contributed by atoms with Gasteiger partial charge in [-0.05, 0) is 68.3 Å². The molecule has 0 aliphatic rings. The molecule has 0 aromatic heterocycles. The summed E-state index contributed by atoms with van der Waals surface area (Å²) in [6.07, 6.45) is -0.904. The lowest BCUT2D eigenvalue weighted by atomic mass is 10.1. The van der Waals surface area contributed by atoms with Gasteiger partial charge in [-0.25, -0.2) is 0 Å². The fourth-order valence-electron chi connectivity index (χ4n) is 2.10. The molecule has 0 saturated carbocycles. The molecule has 0 aliphatic carbocycles. The number of nitrogens with zero attached hydrogens (tertiary/aromatic N) is 1. The number of rotatable bonds is 6. The molecule has 0 fully saturated rings. The van der Waals surface area contributed by atoms with Crippen LogP contribution in [0.5, 0.6) is 0 Å². The van der Waals surface area contributed by atoms with Crippen molar-refractivity contribution in [2.45, 2.75) is 31.8 Å². The summed E-state index contributed by atoms with van der Waals surface area (Å²) in [4.78, 5) is 25.0. The van der Waals surface area contributed by atoms with Gasteiger partial charge in [0.1, 0.15) is 0 Å². The fourth-order valence-corrected chi connectivity index (χ4v) is 2.88.